The van der Waals surface area contributed by atoms with Gasteiger partial charge in [0.1, 0.15) is 0 Å². The largest absolute Gasteiger partial charge is 0.381 e. The van der Waals surface area contributed by atoms with Gasteiger partial charge in [0.05, 0.1) is 6.61 Å². The number of hydrogen-bond donors (Lipinski definition) is 1. The van der Waals surface area contributed by atoms with Crippen LogP contribution in [0.3, 0.4) is 0 Å². The molecule has 2 fully saturated rings. The molecule has 1 N–H and O–H groups in total. The summed E-state index contributed by atoms with van der Waals surface area (Å²) in [6.07, 6.45) is 8.67. The molecule has 0 aliphatic carbocycles. The molecule has 0 aromatic rings. The topological polar surface area (TPSA) is 21.3 Å². The van der Waals surface area contributed by atoms with Crippen LogP contribution in [-0.4, -0.2) is 26.3 Å². The van der Waals surface area contributed by atoms with Crippen LogP contribution < -0.4 is 5.32 Å². The minimum Gasteiger partial charge on any atom is -0.381 e. The third-order valence-electron chi connectivity index (χ3n) is 2.96. The SMILES string of the molecule is C(=C\C1CCOC1)/C1CCCNC1.Cl. The van der Waals surface area contributed by atoms with E-state index in [2.05, 4.69) is 17.5 Å². The van der Waals surface area contributed by atoms with Crippen LogP contribution in [0, 0.1) is 11.8 Å². The lowest BCUT2D eigenvalue weighted by Gasteiger charge is -2.19. The summed E-state index contributed by atoms with van der Waals surface area (Å²) in [7, 11) is 0. The van der Waals surface area contributed by atoms with E-state index in [1.165, 1.54) is 32.4 Å². The van der Waals surface area contributed by atoms with E-state index < -0.39 is 0 Å². The van der Waals surface area contributed by atoms with Crippen molar-refractivity contribution >= 4 is 12.4 Å². The van der Waals surface area contributed by atoms with Gasteiger partial charge in [0, 0.05) is 19.1 Å². The molecular weight excluding hydrogens is 198 g/mol. The maximum absolute atomic E-state index is 5.33. The van der Waals surface area contributed by atoms with Crippen LogP contribution in [0.5, 0.6) is 0 Å². The van der Waals surface area contributed by atoms with Crippen molar-refractivity contribution in [3.8, 4) is 0 Å². The van der Waals surface area contributed by atoms with Crippen molar-refractivity contribution in [2.45, 2.75) is 19.3 Å². The molecule has 0 amide bonds. The van der Waals surface area contributed by atoms with Gasteiger partial charge < -0.3 is 10.1 Å². The van der Waals surface area contributed by atoms with Crippen molar-refractivity contribution in [3.05, 3.63) is 12.2 Å². The van der Waals surface area contributed by atoms with E-state index >= 15 is 0 Å². The van der Waals surface area contributed by atoms with Crippen LogP contribution >= 0.6 is 12.4 Å². The van der Waals surface area contributed by atoms with E-state index in [4.69, 9.17) is 4.74 Å². The van der Waals surface area contributed by atoms with Gasteiger partial charge in [0.25, 0.3) is 0 Å². The third kappa shape index (κ3) is 3.60. The number of piperidine rings is 1. The lowest BCUT2D eigenvalue weighted by Crippen LogP contribution is -2.28. The molecule has 2 aliphatic rings. The summed E-state index contributed by atoms with van der Waals surface area (Å²) >= 11 is 0. The van der Waals surface area contributed by atoms with E-state index in [0.717, 1.165) is 19.1 Å². The highest BCUT2D eigenvalue weighted by Crippen LogP contribution is 2.17. The maximum Gasteiger partial charge on any atom is 0.0529 e. The predicted molar refractivity (Wildman–Crippen MR) is 60.9 cm³/mol. The third-order valence-corrected chi connectivity index (χ3v) is 2.96. The summed E-state index contributed by atoms with van der Waals surface area (Å²) in [6, 6.07) is 0. The summed E-state index contributed by atoms with van der Waals surface area (Å²) in [4.78, 5) is 0. The lowest BCUT2D eigenvalue weighted by molar-refractivity contribution is 0.191. The highest BCUT2D eigenvalue weighted by atomic mass is 35.5. The molecular formula is C11H20ClNO. The first kappa shape index (κ1) is 12.0. The van der Waals surface area contributed by atoms with Crippen molar-refractivity contribution < 1.29 is 4.74 Å². The number of nitrogens with one attached hydrogen (secondary N) is 1. The Morgan fingerprint density at radius 1 is 1.14 bits per heavy atom. The Labute approximate surface area is 92.5 Å². The van der Waals surface area contributed by atoms with Crippen molar-refractivity contribution in [2.75, 3.05) is 26.3 Å². The Kier molecular flexibility index (Phi) is 5.53. The zero-order valence-corrected chi connectivity index (χ0v) is 9.39. The first-order chi connectivity index (χ1) is 6.45. The molecule has 2 rings (SSSR count). The van der Waals surface area contributed by atoms with Crippen molar-refractivity contribution in [3.63, 3.8) is 0 Å². The first-order valence-electron chi connectivity index (χ1n) is 5.42. The van der Waals surface area contributed by atoms with Gasteiger partial charge in [-0.2, -0.15) is 0 Å². The van der Waals surface area contributed by atoms with Crippen molar-refractivity contribution in [1.82, 2.24) is 5.32 Å². The van der Waals surface area contributed by atoms with Crippen LogP contribution in [0.1, 0.15) is 19.3 Å². The smallest absolute Gasteiger partial charge is 0.0529 e. The lowest BCUT2D eigenvalue weighted by atomic mass is 9.97. The quantitative estimate of drug-likeness (QED) is 0.715. The van der Waals surface area contributed by atoms with Crippen molar-refractivity contribution in [2.24, 2.45) is 11.8 Å². The van der Waals surface area contributed by atoms with E-state index in [9.17, 15) is 0 Å². The second-order valence-electron chi connectivity index (χ2n) is 4.12. The molecule has 2 atom stereocenters. The molecule has 0 aromatic heterocycles. The van der Waals surface area contributed by atoms with E-state index in [1.807, 2.05) is 0 Å². The number of ether oxygens (including phenoxy) is 1. The summed E-state index contributed by atoms with van der Waals surface area (Å²) in [5.74, 6) is 1.47. The van der Waals surface area contributed by atoms with Crippen LogP contribution in [0.4, 0.5) is 0 Å². The van der Waals surface area contributed by atoms with Gasteiger partial charge in [0.15, 0.2) is 0 Å². The molecule has 2 heterocycles. The molecule has 2 nitrogen and oxygen atoms in total. The molecule has 0 radical (unpaired) electrons. The molecule has 2 aliphatic heterocycles. The molecule has 0 spiro atoms. The Balaban J connectivity index is 0.000000980. The minimum atomic E-state index is 0. The molecule has 14 heavy (non-hydrogen) atoms. The summed E-state index contributed by atoms with van der Waals surface area (Å²) in [5, 5.41) is 3.43. The standard InChI is InChI=1S/C11H19NO.ClH/c1-2-10(8-12-6-1)3-4-11-5-7-13-9-11;/h3-4,10-12H,1-2,5-9H2;1H/b4-3+;. The Morgan fingerprint density at radius 3 is 2.64 bits per heavy atom. The molecule has 2 unspecified atom stereocenters. The molecule has 0 bridgehead atoms. The average molecular weight is 218 g/mol. The van der Waals surface area contributed by atoms with Crippen LogP contribution in [0.25, 0.3) is 0 Å². The second kappa shape index (κ2) is 6.44. The monoisotopic (exact) mass is 217 g/mol. The maximum atomic E-state index is 5.33. The van der Waals surface area contributed by atoms with Gasteiger partial charge in [-0.3, -0.25) is 0 Å². The zero-order valence-electron chi connectivity index (χ0n) is 8.58. The van der Waals surface area contributed by atoms with Crippen molar-refractivity contribution in [1.29, 1.82) is 0 Å². The second-order valence-corrected chi connectivity index (χ2v) is 4.12. The Bertz CT molecular complexity index is 172. The summed E-state index contributed by atoms with van der Waals surface area (Å²) in [6.45, 7) is 4.27. The molecule has 82 valence electrons. The van der Waals surface area contributed by atoms with Gasteiger partial charge in [-0.25, -0.2) is 0 Å². The van der Waals surface area contributed by atoms with Gasteiger partial charge in [-0.1, -0.05) is 12.2 Å². The summed E-state index contributed by atoms with van der Waals surface area (Å²) in [5.41, 5.74) is 0. The highest BCUT2D eigenvalue weighted by Gasteiger charge is 2.14. The normalized spacial score (nSPS) is 33.1. The van der Waals surface area contributed by atoms with Crippen LogP contribution in [-0.2, 0) is 4.74 Å². The van der Waals surface area contributed by atoms with E-state index in [-0.39, 0.29) is 12.4 Å². The Morgan fingerprint density at radius 2 is 2.00 bits per heavy atom. The molecule has 2 saturated heterocycles. The molecule has 0 aromatic carbocycles. The fourth-order valence-electron chi connectivity index (χ4n) is 2.06. The minimum absolute atomic E-state index is 0. The van der Waals surface area contributed by atoms with Crippen LogP contribution in [0.15, 0.2) is 12.2 Å². The molecule has 3 heteroatoms. The van der Waals surface area contributed by atoms with E-state index in [0.29, 0.717) is 5.92 Å². The fourth-order valence-corrected chi connectivity index (χ4v) is 2.06. The van der Waals surface area contributed by atoms with Gasteiger partial charge in [-0.15, -0.1) is 12.4 Å². The first-order valence-corrected chi connectivity index (χ1v) is 5.42. The molecule has 0 saturated carbocycles. The fraction of sp³-hybridized carbons (Fsp3) is 0.818. The number of rotatable bonds is 2. The van der Waals surface area contributed by atoms with E-state index in [1.54, 1.807) is 0 Å². The number of hydrogen-bond acceptors (Lipinski definition) is 2. The number of halogens is 1. The van der Waals surface area contributed by atoms with Gasteiger partial charge in [-0.05, 0) is 31.7 Å². The van der Waals surface area contributed by atoms with Gasteiger partial charge >= 0.3 is 0 Å². The summed E-state index contributed by atoms with van der Waals surface area (Å²) < 4.78 is 5.33. The average Bonchev–Trinajstić information content (AvgIpc) is 2.69. The van der Waals surface area contributed by atoms with Gasteiger partial charge in [0.2, 0.25) is 0 Å². The highest BCUT2D eigenvalue weighted by molar-refractivity contribution is 5.85. The zero-order chi connectivity index (χ0) is 8.93. The predicted octanol–water partition coefficient (Wildman–Crippen LogP) is 2.00. The van der Waals surface area contributed by atoms with Crippen LogP contribution in [0.2, 0.25) is 0 Å². The Hall–Kier alpha value is -0.0500.